The van der Waals surface area contributed by atoms with E-state index in [9.17, 15) is 14.4 Å². The maximum absolute atomic E-state index is 13.4. The molecule has 0 aromatic heterocycles. The van der Waals surface area contributed by atoms with Gasteiger partial charge in [-0.15, -0.1) is 0 Å². The van der Waals surface area contributed by atoms with Gasteiger partial charge in [0.25, 0.3) is 0 Å². The average Bonchev–Trinajstić information content (AvgIpc) is 3.18. The maximum Gasteiger partial charge on any atom is 0.154 e. The van der Waals surface area contributed by atoms with E-state index in [0.717, 1.165) is 35.1 Å². The molecular formula is C22H26O4. The number of ether oxygens (including phenoxy) is 1. The first kappa shape index (κ1) is 17.6. The van der Waals surface area contributed by atoms with Crippen LogP contribution in [0.5, 0.6) is 0 Å². The number of carbonyl (C=O) groups is 3. The van der Waals surface area contributed by atoms with Crippen LogP contribution >= 0.6 is 0 Å². The lowest BCUT2D eigenvalue weighted by molar-refractivity contribution is -0.131. The Labute approximate surface area is 154 Å². The van der Waals surface area contributed by atoms with Gasteiger partial charge in [-0.25, -0.2) is 0 Å². The number of carbonyl (C=O) groups excluding carboxylic acids is 3. The van der Waals surface area contributed by atoms with Gasteiger partial charge < -0.3 is 9.53 Å². The molecule has 26 heavy (non-hydrogen) atoms. The van der Waals surface area contributed by atoms with Gasteiger partial charge in [0.15, 0.2) is 11.6 Å². The Morgan fingerprint density at radius 1 is 1.15 bits per heavy atom. The lowest BCUT2D eigenvalue weighted by Gasteiger charge is -2.31. The second kappa shape index (κ2) is 5.85. The zero-order valence-corrected chi connectivity index (χ0v) is 15.9. The second-order valence-electron chi connectivity index (χ2n) is 8.52. The van der Waals surface area contributed by atoms with Crippen LogP contribution < -0.4 is 0 Å². The van der Waals surface area contributed by atoms with Gasteiger partial charge in [0, 0.05) is 6.42 Å². The van der Waals surface area contributed by atoms with Crippen LogP contribution in [0.15, 0.2) is 12.1 Å². The molecular weight excluding hydrogens is 328 g/mol. The minimum atomic E-state index is -0.660. The highest BCUT2D eigenvalue weighted by molar-refractivity contribution is 6.17. The van der Waals surface area contributed by atoms with Crippen molar-refractivity contribution in [2.75, 3.05) is 0 Å². The summed E-state index contributed by atoms with van der Waals surface area (Å²) in [6.07, 6.45) is 2.40. The van der Waals surface area contributed by atoms with Crippen LogP contribution in [0.1, 0.15) is 60.8 Å². The van der Waals surface area contributed by atoms with Crippen molar-refractivity contribution in [2.45, 2.75) is 71.0 Å². The molecule has 1 aromatic carbocycles. The van der Waals surface area contributed by atoms with Crippen LogP contribution in [0.3, 0.4) is 0 Å². The molecule has 1 saturated carbocycles. The number of benzene rings is 1. The van der Waals surface area contributed by atoms with Gasteiger partial charge >= 0.3 is 0 Å². The summed E-state index contributed by atoms with van der Waals surface area (Å²) in [5, 5.41) is 0. The molecule has 0 amide bonds. The fourth-order valence-electron chi connectivity index (χ4n) is 5.78. The molecule has 4 nitrogen and oxygen atoms in total. The predicted octanol–water partition coefficient (Wildman–Crippen LogP) is 3.38. The smallest absolute Gasteiger partial charge is 0.154 e. The van der Waals surface area contributed by atoms with Crippen molar-refractivity contribution in [1.82, 2.24) is 0 Å². The molecule has 3 fully saturated rings. The van der Waals surface area contributed by atoms with Crippen molar-refractivity contribution >= 4 is 17.3 Å². The normalized spacial score (nSPS) is 35.2. The van der Waals surface area contributed by atoms with E-state index in [1.54, 1.807) is 6.92 Å². The minimum Gasteiger partial charge on any atom is -0.370 e. The van der Waals surface area contributed by atoms with Crippen molar-refractivity contribution in [2.24, 2.45) is 11.8 Å². The Hall–Kier alpha value is -1.81. The lowest BCUT2D eigenvalue weighted by atomic mass is 9.71. The molecule has 2 bridgehead atoms. The van der Waals surface area contributed by atoms with Crippen LogP contribution in [0.4, 0.5) is 0 Å². The van der Waals surface area contributed by atoms with E-state index >= 15 is 0 Å². The SMILES string of the molecule is CC(=O)CC[C@]12CC[C@H](O1)[C@@H]1C(=O)C(c3c(C)cc(C)cc3C)C(=O)[C@@H]12. The summed E-state index contributed by atoms with van der Waals surface area (Å²) < 4.78 is 6.19. The van der Waals surface area contributed by atoms with E-state index < -0.39 is 11.5 Å². The largest absolute Gasteiger partial charge is 0.370 e. The fourth-order valence-corrected chi connectivity index (χ4v) is 5.78. The van der Waals surface area contributed by atoms with Gasteiger partial charge in [0.1, 0.15) is 11.7 Å². The van der Waals surface area contributed by atoms with Crippen LogP contribution in [0.25, 0.3) is 0 Å². The molecule has 138 valence electrons. The first-order chi connectivity index (χ1) is 12.2. The van der Waals surface area contributed by atoms with Gasteiger partial charge in [-0.1, -0.05) is 17.7 Å². The number of hydrogen-bond donors (Lipinski definition) is 0. The maximum atomic E-state index is 13.4. The van der Waals surface area contributed by atoms with E-state index in [4.69, 9.17) is 4.74 Å². The molecule has 2 heterocycles. The van der Waals surface area contributed by atoms with Crippen LogP contribution in [-0.2, 0) is 19.1 Å². The third-order valence-corrected chi connectivity index (χ3v) is 6.70. The van der Waals surface area contributed by atoms with Crippen molar-refractivity contribution in [3.05, 3.63) is 34.4 Å². The number of fused-ring (bicyclic) bond motifs is 5. The molecule has 2 saturated heterocycles. The summed E-state index contributed by atoms with van der Waals surface area (Å²) in [5.74, 6) is -1.21. The first-order valence-corrected chi connectivity index (χ1v) is 9.57. The molecule has 2 aliphatic heterocycles. The third kappa shape index (κ3) is 2.34. The Morgan fingerprint density at radius 2 is 1.81 bits per heavy atom. The summed E-state index contributed by atoms with van der Waals surface area (Å²) in [6.45, 7) is 7.57. The number of Topliss-reactive ketones (excluding diaryl/α,β-unsaturated/α-hetero) is 3. The second-order valence-corrected chi connectivity index (χ2v) is 8.52. The van der Waals surface area contributed by atoms with Crippen molar-refractivity contribution in [3.63, 3.8) is 0 Å². The molecule has 4 rings (SSSR count). The molecule has 4 heteroatoms. The standard InChI is InChI=1S/C22H26O4/c1-11-9-12(2)16(13(3)10-11)18-20(24)17-15-6-8-22(26-15,7-5-14(4)23)19(17)21(18)25/h9-10,15,17-19H,5-8H2,1-4H3/t15-,17-,18?,19+,22+/m0/s1. The van der Waals surface area contributed by atoms with Gasteiger partial charge in [0.05, 0.1) is 23.5 Å². The Balaban J connectivity index is 1.74. The van der Waals surface area contributed by atoms with E-state index in [0.29, 0.717) is 12.8 Å². The molecule has 3 aliphatic rings. The molecule has 0 radical (unpaired) electrons. The minimum absolute atomic E-state index is 0.0146. The summed E-state index contributed by atoms with van der Waals surface area (Å²) in [5.41, 5.74) is 3.46. The highest BCUT2D eigenvalue weighted by atomic mass is 16.5. The summed E-state index contributed by atoms with van der Waals surface area (Å²) in [6, 6.07) is 4.10. The zero-order valence-electron chi connectivity index (χ0n) is 15.9. The lowest BCUT2D eigenvalue weighted by Crippen LogP contribution is -2.40. The molecule has 5 atom stereocenters. The monoisotopic (exact) mass is 354 g/mol. The summed E-state index contributed by atoms with van der Waals surface area (Å²) in [4.78, 5) is 38.2. The molecule has 1 aromatic rings. The number of hydrogen-bond acceptors (Lipinski definition) is 4. The number of aryl methyl sites for hydroxylation is 3. The molecule has 1 unspecified atom stereocenters. The predicted molar refractivity (Wildman–Crippen MR) is 97.1 cm³/mol. The average molecular weight is 354 g/mol. The van der Waals surface area contributed by atoms with E-state index in [1.165, 1.54) is 0 Å². The Bertz CT molecular complexity index is 800. The summed E-state index contributed by atoms with van der Waals surface area (Å²) in [7, 11) is 0. The number of rotatable bonds is 4. The Morgan fingerprint density at radius 3 is 2.42 bits per heavy atom. The Kier molecular flexibility index (Phi) is 3.96. The quantitative estimate of drug-likeness (QED) is 0.778. The number of ketones is 3. The van der Waals surface area contributed by atoms with Crippen molar-refractivity contribution in [3.8, 4) is 0 Å². The molecule has 0 spiro atoms. The highest BCUT2D eigenvalue weighted by Crippen LogP contribution is 2.59. The highest BCUT2D eigenvalue weighted by Gasteiger charge is 2.69. The van der Waals surface area contributed by atoms with Crippen LogP contribution in [0.2, 0.25) is 0 Å². The van der Waals surface area contributed by atoms with Crippen LogP contribution in [-0.4, -0.2) is 29.1 Å². The van der Waals surface area contributed by atoms with Crippen molar-refractivity contribution in [1.29, 1.82) is 0 Å². The third-order valence-electron chi connectivity index (χ3n) is 6.70. The zero-order chi connectivity index (χ0) is 18.8. The fraction of sp³-hybridized carbons (Fsp3) is 0.591. The van der Waals surface area contributed by atoms with E-state index in [2.05, 4.69) is 0 Å². The van der Waals surface area contributed by atoms with Gasteiger partial charge in [0.2, 0.25) is 0 Å². The first-order valence-electron chi connectivity index (χ1n) is 9.57. The van der Waals surface area contributed by atoms with Crippen molar-refractivity contribution < 1.29 is 19.1 Å². The topological polar surface area (TPSA) is 60.4 Å². The van der Waals surface area contributed by atoms with Gasteiger partial charge in [-0.05, 0) is 63.6 Å². The van der Waals surface area contributed by atoms with Gasteiger partial charge in [-0.2, -0.15) is 0 Å². The molecule has 1 aliphatic carbocycles. The molecule has 0 N–H and O–H groups in total. The summed E-state index contributed by atoms with van der Waals surface area (Å²) >= 11 is 0. The van der Waals surface area contributed by atoms with Crippen LogP contribution in [0, 0.1) is 32.6 Å². The van der Waals surface area contributed by atoms with E-state index in [-0.39, 0.29) is 35.3 Å². The van der Waals surface area contributed by atoms with Gasteiger partial charge in [-0.3, -0.25) is 9.59 Å². The van der Waals surface area contributed by atoms with E-state index in [1.807, 2.05) is 32.9 Å².